The summed E-state index contributed by atoms with van der Waals surface area (Å²) in [6, 6.07) is 5.29. The van der Waals surface area contributed by atoms with Gasteiger partial charge in [-0.05, 0) is 108 Å². The predicted molar refractivity (Wildman–Crippen MR) is 199 cm³/mol. The minimum Gasteiger partial charge on any atom is -0.465 e. The number of hydrogen-bond acceptors (Lipinski definition) is 6. The highest BCUT2D eigenvalue weighted by molar-refractivity contribution is 7.87. The van der Waals surface area contributed by atoms with Crippen molar-refractivity contribution < 1.29 is 37.1 Å². The molecule has 4 N–H and O–H groups in total. The number of alkyl halides is 1. The number of carbonyl (C=O) groups excluding carboxylic acids is 3. The first-order chi connectivity index (χ1) is 25.2. The second-order valence-corrected chi connectivity index (χ2v) is 18.2. The summed E-state index contributed by atoms with van der Waals surface area (Å²) in [7, 11) is -3.95. The molecule has 4 aliphatic rings. The number of carboxylic acid groups (broad SMARTS) is 1. The van der Waals surface area contributed by atoms with E-state index >= 15 is 0 Å². The van der Waals surface area contributed by atoms with Crippen LogP contribution in [0.1, 0.15) is 108 Å². The van der Waals surface area contributed by atoms with E-state index in [4.69, 9.17) is 0 Å². The molecule has 2 aliphatic carbocycles. The third-order valence-electron chi connectivity index (χ3n) is 12.1. The first kappa shape index (κ1) is 39.0. The van der Waals surface area contributed by atoms with E-state index in [1.807, 2.05) is 0 Å². The Morgan fingerprint density at radius 3 is 2.25 bits per heavy atom. The first-order valence-electron chi connectivity index (χ1n) is 19.3. The molecule has 2 saturated carbocycles. The standard InChI is InChI=1S/C38H55FN6O7S/c1-38(2,3)45(37(49)50)32(23-39)25-11-13-26(14-12-25)36(48)44-20-17-29(24-9-5-4-6-10-24)33(44)35(47)40-28-15-16-30-27(21-28)22-31(41-30)34(46)42-53(51,52)43-18-7-8-19-43/h15-16,21-22,24-26,29,32-33,41H,4-14,17-20,23H2,1-3H3,(H,40,47)(H,42,46)(H,49,50)/t25-,26-,29-,32+,33-/m0/s1. The van der Waals surface area contributed by atoms with Gasteiger partial charge in [0.15, 0.2) is 0 Å². The fourth-order valence-electron chi connectivity index (χ4n) is 9.49. The molecule has 2 saturated heterocycles. The smallest absolute Gasteiger partial charge is 0.408 e. The third kappa shape index (κ3) is 8.50. The van der Waals surface area contributed by atoms with Crippen LogP contribution in [-0.2, 0) is 19.8 Å². The van der Waals surface area contributed by atoms with Crippen LogP contribution >= 0.6 is 0 Å². The maximum Gasteiger partial charge on any atom is 0.408 e. The Morgan fingerprint density at radius 1 is 0.943 bits per heavy atom. The van der Waals surface area contributed by atoms with Crippen molar-refractivity contribution >= 4 is 50.6 Å². The lowest BCUT2D eigenvalue weighted by atomic mass is 9.75. The summed E-state index contributed by atoms with van der Waals surface area (Å²) in [5.74, 6) is -1.26. The molecule has 0 radical (unpaired) electrons. The Morgan fingerprint density at radius 2 is 1.62 bits per heavy atom. The van der Waals surface area contributed by atoms with Crippen molar-refractivity contribution in [3.63, 3.8) is 0 Å². The number of nitrogens with one attached hydrogen (secondary N) is 3. The molecule has 1 aromatic carbocycles. The van der Waals surface area contributed by atoms with Crippen molar-refractivity contribution in [2.45, 2.75) is 115 Å². The fourth-order valence-corrected chi connectivity index (χ4v) is 10.7. The van der Waals surface area contributed by atoms with E-state index in [0.717, 1.165) is 44.9 Å². The maximum atomic E-state index is 14.4. The summed E-state index contributed by atoms with van der Waals surface area (Å²) in [5, 5.41) is 13.6. The number of H-pyrrole nitrogens is 1. The summed E-state index contributed by atoms with van der Waals surface area (Å²) < 4.78 is 43.1. The molecule has 292 valence electrons. The zero-order valence-electron chi connectivity index (χ0n) is 31.1. The molecule has 6 rings (SSSR count). The van der Waals surface area contributed by atoms with Gasteiger partial charge in [-0.1, -0.05) is 32.1 Å². The molecule has 15 heteroatoms. The zero-order valence-corrected chi connectivity index (χ0v) is 31.9. The average Bonchev–Trinajstić information content (AvgIpc) is 3.90. The predicted octanol–water partition coefficient (Wildman–Crippen LogP) is 5.90. The molecule has 1 aromatic heterocycles. The van der Waals surface area contributed by atoms with Gasteiger partial charge >= 0.3 is 16.3 Å². The monoisotopic (exact) mass is 758 g/mol. The van der Waals surface area contributed by atoms with Crippen LogP contribution in [0.2, 0.25) is 0 Å². The van der Waals surface area contributed by atoms with E-state index in [-0.39, 0.29) is 35.3 Å². The number of aromatic amines is 1. The third-order valence-corrected chi connectivity index (χ3v) is 13.6. The molecule has 0 unspecified atom stereocenters. The topological polar surface area (TPSA) is 172 Å². The summed E-state index contributed by atoms with van der Waals surface area (Å²) in [6.07, 6.45) is 8.58. The number of nitrogens with zero attached hydrogens (tertiary/aromatic N) is 3. The summed E-state index contributed by atoms with van der Waals surface area (Å²) >= 11 is 0. The summed E-state index contributed by atoms with van der Waals surface area (Å²) in [5.41, 5.74) is 0.416. The molecule has 2 aliphatic heterocycles. The Labute approximate surface area is 311 Å². The van der Waals surface area contributed by atoms with Crippen LogP contribution in [0.4, 0.5) is 14.9 Å². The first-order valence-corrected chi connectivity index (χ1v) is 20.8. The lowest BCUT2D eigenvalue weighted by Crippen LogP contribution is -2.55. The Bertz CT molecular complexity index is 1770. The second kappa shape index (κ2) is 15.9. The molecule has 0 spiro atoms. The van der Waals surface area contributed by atoms with E-state index in [2.05, 4.69) is 15.0 Å². The van der Waals surface area contributed by atoms with Crippen LogP contribution in [-0.4, -0.2) is 100 Å². The van der Waals surface area contributed by atoms with E-state index < -0.39 is 46.5 Å². The van der Waals surface area contributed by atoms with Gasteiger partial charge in [0, 0.05) is 47.7 Å². The minimum atomic E-state index is -3.95. The van der Waals surface area contributed by atoms with Gasteiger partial charge in [-0.3, -0.25) is 19.3 Å². The van der Waals surface area contributed by atoms with Gasteiger partial charge in [-0.25, -0.2) is 13.9 Å². The van der Waals surface area contributed by atoms with Crippen molar-refractivity contribution in [2.75, 3.05) is 31.6 Å². The number of likely N-dealkylation sites (tertiary alicyclic amines) is 1. The van der Waals surface area contributed by atoms with E-state index in [0.29, 0.717) is 67.8 Å². The Hall–Kier alpha value is -3.72. The molecule has 2 aromatic rings. The van der Waals surface area contributed by atoms with Gasteiger partial charge in [-0.2, -0.15) is 12.7 Å². The number of hydrogen-bond donors (Lipinski definition) is 4. The number of rotatable bonds is 10. The van der Waals surface area contributed by atoms with Gasteiger partial charge < -0.3 is 20.3 Å². The molecule has 3 atom stereocenters. The molecular formula is C38H55FN6O7S. The Kier molecular flexibility index (Phi) is 11.7. The largest absolute Gasteiger partial charge is 0.465 e. The molecule has 53 heavy (non-hydrogen) atoms. The van der Waals surface area contributed by atoms with Crippen molar-refractivity contribution in [2.24, 2.45) is 23.7 Å². The number of halogens is 1. The number of carbonyl (C=O) groups is 4. The number of anilines is 1. The van der Waals surface area contributed by atoms with Crippen molar-refractivity contribution in [3.05, 3.63) is 30.0 Å². The highest BCUT2D eigenvalue weighted by Gasteiger charge is 2.48. The number of benzene rings is 1. The quantitative estimate of drug-likeness (QED) is 0.234. The van der Waals surface area contributed by atoms with Gasteiger partial charge in [0.1, 0.15) is 18.4 Å². The van der Waals surface area contributed by atoms with Gasteiger partial charge in [0.25, 0.3) is 5.91 Å². The minimum absolute atomic E-state index is 0.0197. The fraction of sp³-hybridized carbons (Fsp3) is 0.684. The van der Waals surface area contributed by atoms with Gasteiger partial charge in [-0.15, -0.1) is 0 Å². The second-order valence-electron chi connectivity index (χ2n) is 16.5. The molecule has 4 amide bonds. The molecule has 4 fully saturated rings. The summed E-state index contributed by atoms with van der Waals surface area (Å²) in [6.45, 7) is 5.73. The lowest BCUT2D eigenvalue weighted by molar-refractivity contribution is -0.142. The van der Waals surface area contributed by atoms with Crippen molar-refractivity contribution in [1.29, 1.82) is 0 Å². The van der Waals surface area contributed by atoms with Crippen LogP contribution in [0, 0.1) is 23.7 Å². The van der Waals surface area contributed by atoms with Crippen LogP contribution < -0.4 is 10.0 Å². The molecule has 13 nitrogen and oxygen atoms in total. The number of aromatic nitrogens is 1. The van der Waals surface area contributed by atoms with Crippen molar-refractivity contribution in [1.82, 2.24) is 23.8 Å². The molecule has 3 heterocycles. The maximum absolute atomic E-state index is 14.4. The normalized spacial score (nSPS) is 25.3. The van der Waals surface area contributed by atoms with E-state index in [9.17, 15) is 37.1 Å². The SMILES string of the molecule is CC(C)(C)N(C(=O)O)[C@H](CF)[C@H]1CC[C@H](C(=O)N2CC[C@@H](C3CCCCC3)[C@H]2C(=O)Nc2ccc3[nH]c(C(=O)NS(=O)(=O)N4CCCC4)cc3c2)CC1. The van der Waals surface area contributed by atoms with E-state index in [1.165, 1.54) is 15.6 Å². The summed E-state index contributed by atoms with van der Waals surface area (Å²) in [4.78, 5) is 59.5. The van der Waals surface area contributed by atoms with Crippen molar-refractivity contribution in [3.8, 4) is 0 Å². The zero-order chi connectivity index (χ0) is 38.1. The number of amides is 4. The van der Waals surface area contributed by atoms with Gasteiger partial charge in [0.2, 0.25) is 11.8 Å². The van der Waals surface area contributed by atoms with Crippen LogP contribution in [0.15, 0.2) is 24.3 Å². The van der Waals surface area contributed by atoms with Gasteiger partial charge in [0.05, 0.1) is 6.04 Å². The molecular weight excluding hydrogens is 704 g/mol. The highest BCUT2D eigenvalue weighted by atomic mass is 32.2. The van der Waals surface area contributed by atoms with Crippen LogP contribution in [0.5, 0.6) is 0 Å². The van der Waals surface area contributed by atoms with Crippen LogP contribution in [0.3, 0.4) is 0 Å². The molecule has 0 bridgehead atoms. The average molecular weight is 759 g/mol. The lowest BCUT2D eigenvalue weighted by Gasteiger charge is -2.44. The van der Waals surface area contributed by atoms with Crippen LogP contribution in [0.25, 0.3) is 10.9 Å². The van der Waals surface area contributed by atoms with E-state index in [1.54, 1.807) is 49.9 Å². The highest BCUT2D eigenvalue weighted by Crippen LogP contribution is 2.42. The number of fused-ring (bicyclic) bond motifs is 1. The Balaban J connectivity index is 1.15.